The van der Waals surface area contributed by atoms with Crippen LogP contribution >= 0.6 is 0 Å². The predicted molar refractivity (Wildman–Crippen MR) is 107 cm³/mol. The summed E-state index contributed by atoms with van der Waals surface area (Å²) in [5.74, 6) is 0. The van der Waals surface area contributed by atoms with E-state index < -0.39 is 10.8 Å². The van der Waals surface area contributed by atoms with Crippen molar-refractivity contribution in [1.82, 2.24) is 0 Å². The molecule has 0 saturated heterocycles. The quantitative estimate of drug-likeness (QED) is 0.597. The number of aliphatic hydroxyl groups excluding tert-OH is 4. The molecule has 3 aliphatic rings. The molecule has 0 aromatic rings. The lowest BCUT2D eigenvalue weighted by Gasteiger charge is -2.50. The fourth-order valence-corrected chi connectivity index (χ4v) is 4.67. The zero-order valence-corrected chi connectivity index (χ0v) is 16.9. The number of aliphatic hydroxyl groups is 4. The normalized spacial score (nSPS) is 24.5. The first-order valence-corrected chi connectivity index (χ1v) is 11.1. The van der Waals surface area contributed by atoms with E-state index in [1.54, 1.807) is 0 Å². The molecule has 3 saturated carbocycles. The molecule has 4 heteroatoms. The average molecular weight is 373 g/mol. The Labute approximate surface area is 161 Å². The summed E-state index contributed by atoms with van der Waals surface area (Å²) in [6.45, 7) is -0.704. The Bertz CT molecular complexity index is 261. The van der Waals surface area contributed by atoms with Crippen LogP contribution in [0.5, 0.6) is 0 Å². The van der Waals surface area contributed by atoms with Crippen LogP contribution in [0.15, 0.2) is 0 Å². The lowest BCUT2D eigenvalue weighted by molar-refractivity contribution is -0.137. The molecule has 0 atom stereocenters. The van der Waals surface area contributed by atoms with E-state index in [1.807, 2.05) is 0 Å². The van der Waals surface area contributed by atoms with Crippen molar-refractivity contribution in [3.63, 3.8) is 0 Å². The van der Waals surface area contributed by atoms with Gasteiger partial charge in [0.25, 0.3) is 0 Å². The highest BCUT2D eigenvalue weighted by molar-refractivity contribution is 4.99. The summed E-state index contributed by atoms with van der Waals surface area (Å²) in [5, 5.41) is 37.4. The second kappa shape index (κ2) is 13.9. The number of hydrogen-bond acceptors (Lipinski definition) is 4. The van der Waals surface area contributed by atoms with Crippen molar-refractivity contribution in [1.29, 1.82) is 0 Å². The molecule has 0 amide bonds. The summed E-state index contributed by atoms with van der Waals surface area (Å²) in [4.78, 5) is 0. The first-order chi connectivity index (χ1) is 12.7. The van der Waals surface area contributed by atoms with Gasteiger partial charge in [0.05, 0.1) is 26.4 Å². The van der Waals surface area contributed by atoms with Gasteiger partial charge in [-0.1, -0.05) is 89.9 Å². The fourth-order valence-electron chi connectivity index (χ4n) is 4.67. The van der Waals surface area contributed by atoms with Gasteiger partial charge in [-0.3, -0.25) is 0 Å². The minimum Gasteiger partial charge on any atom is -0.396 e. The summed E-state index contributed by atoms with van der Waals surface area (Å²) >= 11 is 0. The molecule has 0 heterocycles. The smallest absolute Gasteiger partial charge is 0.0516 e. The first-order valence-electron chi connectivity index (χ1n) is 11.1. The minimum atomic E-state index is -0.714. The topological polar surface area (TPSA) is 80.9 Å². The third kappa shape index (κ3) is 7.10. The second-order valence-corrected chi connectivity index (χ2v) is 8.64. The molecule has 0 aromatic heterocycles. The molecule has 156 valence electrons. The largest absolute Gasteiger partial charge is 0.396 e. The maximum absolute atomic E-state index is 9.36. The summed E-state index contributed by atoms with van der Waals surface area (Å²) in [5.41, 5.74) is -1.43. The van der Waals surface area contributed by atoms with Gasteiger partial charge in [0, 0.05) is 10.8 Å². The molecule has 3 fully saturated rings. The third-order valence-electron chi connectivity index (χ3n) is 6.90. The van der Waals surface area contributed by atoms with Crippen molar-refractivity contribution >= 4 is 0 Å². The molecule has 0 spiro atoms. The Hall–Kier alpha value is -0.160. The van der Waals surface area contributed by atoms with Crippen molar-refractivity contribution in [2.24, 2.45) is 10.8 Å². The monoisotopic (exact) mass is 372 g/mol. The Morgan fingerprint density at radius 3 is 0.692 bits per heavy atom. The van der Waals surface area contributed by atoms with Gasteiger partial charge >= 0.3 is 0 Å². The molecule has 3 rings (SSSR count). The molecule has 4 N–H and O–H groups in total. The van der Waals surface area contributed by atoms with E-state index in [2.05, 4.69) is 0 Å². The van der Waals surface area contributed by atoms with E-state index in [4.69, 9.17) is 0 Å². The van der Waals surface area contributed by atoms with Crippen LogP contribution in [0.3, 0.4) is 0 Å². The zero-order valence-electron chi connectivity index (χ0n) is 16.9. The zero-order chi connectivity index (χ0) is 19.1. The maximum Gasteiger partial charge on any atom is 0.0516 e. The molecule has 3 aliphatic carbocycles. The van der Waals surface area contributed by atoms with Crippen LogP contribution in [0.1, 0.15) is 103 Å². The van der Waals surface area contributed by atoms with Crippen LogP contribution in [0, 0.1) is 10.8 Å². The summed E-state index contributed by atoms with van der Waals surface area (Å²) < 4.78 is 0. The molecule has 0 aromatic carbocycles. The van der Waals surface area contributed by atoms with Crippen LogP contribution in [-0.4, -0.2) is 46.9 Å². The highest BCUT2D eigenvalue weighted by Gasteiger charge is 2.51. The van der Waals surface area contributed by atoms with Crippen molar-refractivity contribution in [3.05, 3.63) is 0 Å². The van der Waals surface area contributed by atoms with E-state index in [0.717, 1.165) is 12.8 Å². The van der Waals surface area contributed by atoms with Crippen molar-refractivity contribution in [2.45, 2.75) is 103 Å². The van der Waals surface area contributed by atoms with Crippen molar-refractivity contribution in [3.8, 4) is 0 Å². The minimum absolute atomic E-state index is 0.176. The molecule has 26 heavy (non-hydrogen) atoms. The van der Waals surface area contributed by atoms with Gasteiger partial charge in [-0.25, -0.2) is 0 Å². The van der Waals surface area contributed by atoms with Crippen LogP contribution in [0.2, 0.25) is 0 Å². The number of hydrogen-bond donors (Lipinski definition) is 4. The summed E-state index contributed by atoms with van der Waals surface area (Å²) in [7, 11) is 0. The highest BCUT2D eigenvalue weighted by atomic mass is 16.3. The van der Waals surface area contributed by atoms with Crippen molar-refractivity contribution in [2.75, 3.05) is 26.4 Å². The molecule has 0 radical (unpaired) electrons. The Kier molecular flexibility index (Phi) is 12.8. The van der Waals surface area contributed by atoms with Crippen LogP contribution < -0.4 is 0 Å². The van der Waals surface area contributed by atoms with Gasteiger partial charge < -0.3 is 20.4 Å². The van der Waals surface area contributed by atoms with Gasteiger partial charge in [-0.15, -0.1) is 0 Å². The predicted octanol–water partition coefficient (Wildman–Crippen LogP) is 4.18. The lowest BCUT2D eigenvalue weighted by atomic mass is 9.57. The van der Waals surface area contributed by atoms with E-state index in [9.17, 15) is 20.4 Å². The Balaban J connectivity index is 0.000000230. The molecular weight excluding hydrogens is 328 g/mol. The van der Waals surface area contributed by atoms with Crippen LogP contribution in [-0.2, 0) is 0 Å². The fraction of sp³-hybridized carbons (Fsp3) is 1.00. The molecule has 4 nitrogen and oxygen atoms in total. The Morgan fingerprint density at radius 2 is 0.538 bits per heavy atom. The van der Waals surface area contributed by atoms with Crippen LogP contribution in [0.4, 0.5) is 0 Å². The van der Waals surface area contributed by atoms with Crippen LogP contribution in [0.25, 0.3) is 0 Å². The van der Waals surface area contributed by atoms with Gasteiger partial charge in [-0.05, 0) is 12.8 Å². The highest BCUT2D eigenvalue weighted by Crippen LogP contribution is 2.49. The van der Waals surface area contributed by atoms with Gasteiger partial charge in [-0.2, -0.15) is 0 Å². The molecule has 0 unspecified atom stereocenters. The lowest BCUT2D eigenvalue weighted by Crippen LogP contribution is -2.54. The molecule has 0 aliphatic heterocycles. The molecule has 0 bridgehead atoms. The van der Waals surface area contributed by atoms with E-state index >= 15 is 0 Å². The van der Waals surface area contributed by atoms with Gasteiger partial charge in [0.15, 0.2) is 0 Å². The SMILES string of the molecule is C1CCCCC1.C1CCCCC1.OCC1(CO)CCCCC1(CO)CO. The summed E-state index contributed by atoms with van der Waals surface area (Å²) in [6.07, 6.45) is 21.2. The van der Waals surface area contributed by atoms with Crippen molar-refractivity contribution < 1.29 is 20.4 Å². The van der Waals surface area contributed by atoms with E-state index in [0.29, 0.717) is 12.8 Å². The number of rotatable bonds is 4. The maximum atomic E-state index is 9.36. The average Bonchev–Trinajstić information content (AvgIpc) is 2.76. The van der Waals surface area contributed by atoms with E-state index in [-0.39, 0.29) is 26.4 Å². The Morgan fingerprint density at radius 1 is 0.346 bits per heavy atom. The van der Waals surface area contributed by atoms with Gasteiger partial charge in [0.2, 0.25) is 0 Å². The van der Waals surface area contributed by atoms with Gasteiger partial charge in [0.1, 0.15) is 0 Å². The summed E-state index contributed by atoms with van der Waals surface area (Å²) in [6, 6.07) is 0. The molecular formula is C22H44O4. The first kappa shape index (κ1) is 23.9. The standard InChI is InChI=1S/C10H20O4.2C6H12/c11-5-9(6-12)3-1-2-4-10(9,7-13)8-14;2*1-2-4-6-5-3-1/h11-14H,1-8H2;2*1-6H2. The second-order valence-electron chi connectivity index (χ2n) is 8.64. The third-order valence-corrected chi connectivity index (χ3v) is 6.90. The van der Waals surface area contributed by atoms with E-state index in [1.165, 1.54) is 77.0 Å².